The van der Waals surface area contributed by atoms with Crippen molar-refractivity contribution in [3.63, 3.8) is 0 Å². The first-order valence-corrected chi connectivity index (χ1v) is 7.32. The van der Waals surface area contributed by atoms with Gasteiger partial charge in [0, 0.05) is 0 Å². The van der Waals surface area contributed by atoms with E-state index in [1.807, 2.05) is 0 Å². The van der Waals surface area contributed by atoms with Crippen LogP contribution in [0.15, 0.2) is 18.2 Å². The molecule has 2 aromatic rings. The summed E-state index contributed by atoms with van der Waals surface area (Å²) in [6, 6.07) is 6.78. The molecular formula is C16H25N3. The minimum atomic E-state index is 0.388. The van der Waals surface area contributed by atoms with Crippen LogP contribution in [-0.2, 0) is 0 Å². The molecule has 1 unspecified atom stereocenters. The maximum Gasteiger partial charge on any atom is 0.124 e. The van der Waals surface area contributed by atoms with E-state index in [0.717, 1.165) is 29.8 Å². The van der Waals surface area contributed by atoms with Crippen molar-refractivity contribution in [1.82, 2.24) is 14.9 Å². The molecule has 1 N–H and O–H groups in total. The summed E-state index contributed by atoms with van der Waals surface area (Å²) in [5.74, 6) is 1.10. The normalized spacial score (nSPS) is 13.3. The molecule has 104 valence electrons. The molecule has 0 aliphatic rings. The Hall–Kier alpha value is -1.35. The number of unbranched alkanes of at least 4 members (excludes halogenated alkanes) is 1. The second-order valence-corrected chi connectivity index (χ2v) is 5.40. The summed E-state index contributed by atoms with van der Waals surface area (Å²) in [5.41, 5.74) is 3.50. The number of nitrogens with one attached hydrogen (secondary N) is 1. The molecule has 2 rings (SSSR count). The van der Waals surface area contributed by atoms with Crippen LogP contribution in [0.4, 0.5) is 0 Å². The Kier molecular flexibility index (Phi) is 4.59. The standard InChI is InChI=1S/C16H25N3/c1-5-7-10-19(4)15(6-2)16-17-13-9-8-12(3)11-14(13)18-16/h8-9,11,15H,5-7,10H2,1-4H3,(H,17,18). The van der Waals surface area contributed by atoms with Crippen LogP contribution in [0.3, 0.4) is 0 Å². The van der Waals surface area contributed by atoms with Crippen molar-refractivity contribution in [2.75, 3.05) is 13.6 Å². The van der Waals surface area contributed by atoms with E-state index >= 15 is 0 Å². The van der Waals surface area contributed by atoms with E-state index in [2.05, 4.69) is 55.9 Å². The van der Waals surface area contributed by atoms with Crippen molar-refractivity contribution in [2.24, 2.45) is 0 Å². The van der Waals surface area contributed by atoms with Crippen molar-refractivity contribution in [3.8, 4) is 0 Å². The third-order valence-electron chi connectivity index (χ3n) is 3.75. The Morgan fingerprint density at radius 2 is 2.11 bits per heavy atom. The zero-order valence-electron chi connectivity index (χ0n) is 12.5. The van der Waals surface area contributed by atoms with E-state index in [0.29, 0.717) is 6.04 Å². The van der Waals surface area contributed by atoms with E-state index < -0.39 is 0 Å². The number of nitrogens with zero attached hydrogens (tertiary/aromatic N) is 2. The average molecular weight is 259 g/mol. The highest BCUT2D eigenvalue weighted by atomic mass is 15.2. The molecule has 0 fully saturated rings. The van der Waals surface area contributed by atoms with E-state index in [1.165, 1.54) is 18.4 Å². The predicted molar refractivity (Wildman–Crippen MR) is 81.4 cm³/mol. The van der Waals surface area contributed by atoms with E-state index in [9.17, 15) is 0 Å². The van der Waals surface area contributed by atoms with Crippen molar-refractivity contribution < 1.29 is 0 Å². The van der Waals surface area contributed by atoms with Crippen LogP contribution in [0.1, 0.15) is 50.5 Å². The Labute approximate surface area is 116 Å². The summed E-state index contributed by atoms with van der Waals surface area (Å²) >= 11 is 0. The Morgan fingerprint density at radius 3 is 2.79 bits per heavy atom. The fraction of sp³-hybridized carbons (Fsp3) is 0.562. The van der Waals surface area contributed by atoms with Gasteiger partial charge >= 0.3 is 0 Å². The first-order chi connectivity index (χ1) is 9.15. The molecule has 1 aromatic heterocycles. The smallest absolute Gasteiger partial charge is 0.124 e. The average Bonchev–Trinajstić information content (AvgIpc) is 2.79. The van der Waals surface area contributed by atoms with E-state index in [1.54, 1.807) is 0 Å². The van der Waals surface area contributed by atoms with Crippen molar-refractivity contribution >= 4 is 11.0 Å². The zero-order chi connectivity index (χ0) is 13.8. The van der Waals surface area contributed by atoms with Crippen molar-refractivity contribution in [2.45, 2.75) is 46.1 Å². The minimum Gasteiger partial charge on any atom is -0.341 e. The minimum absolute atomic E-state index is 0.388. The fourth-order valence-electron chi connectivity index (χ4n) is 2.58. The molecular weight excluding hydrogens is 234 g/mol. The lowest BCUT2D eigenvalue weighted by molar-refractivity contribution is 0.227. The Balaban J connectivity index is 2.24. The van der Waals surface area contributed by atoms with Crippen LogP contribution in [0.2, 0.25) is 0 Å². The highest BCUT2D eigenvalue weighted by molar-refractivity contribution is 5.75. The van der Waals surface area contributed by atoms with Crippen molar-refractivity contribution in [1.29, 1.82) is 0 Å². The molecule has 0 saturated heterocycles. The van der Waals surface area contributed by atoms with Gasteiger partial charge in [-0.2, -0.15) is 0 Å². The summed E-state index contributed by atoms with van der Waals surface area (Å²) in [5, 5.41) is 0. The molecule has 0 aliphatic carbocycles. The maximum atomic E-state index is 4.76. The quantitative estimate of drug-likeness (QED) is 0.848. The van der Waals surface area contributed by atoms with Crippen LogP contribution in [0.5, 0.6) is 0 Å². The monoisotopic (exact) mass is 259 g/mol. The number of hydrogen-bond acceptors (Lipinski definition) is 2. The van der Waals surface area contributed by atoms with Crippen LogP contribution < -0.4 is 0 Å². The van der Waals surface area contributed by atoms with Gasteiger partial charge in [0.2, 0.25) is 0 Å². The van der Waals surface area contributed by atoms with Gasteiger partial charge in [0.05, 0.1) is 17.1 Å². The zero-order valence-corrected chi connectivity index (χ0v) is 12.5. The molecule has 3 nitrogen and oxygen atoms in total. The van der Waals surface area contributed by atoms with E-state index in [-0.39, 0.29) is 0 Å². The number of aromatic nitrogens is 2. The van der Waals surface area contributed by atoms with Crippen LogP contribution >= 0.6 is 0 Å². The van der Waals surface area contributed by atoms with Gasteiger partial charge in [-0.1, -0.05) is 26.3 Å². The molecule has 0 radical (unpaired) electrons. The summed E-state index contributed by atoms with van der Waals surface area (Å²) in [6.45, 7) is 7.71. The number of aryl methyl sites for hydroxylation is 1. The van der Waals surface area contributed by atoms with Crippen molar-refractivity contribution in [3.05, 3.63) is 29.6 Å². The number of H-pyrrole nitrogens is 1. The van der Waals surface area contributed by atoms with Gasteiger partial charge in [-0.25, -0.2) is 4.98 Å². The molecule has 1 aromatic carbocycles. The summed E-state index contributed by atoms with van der Waals surface area (Å²) in [6.07, 6.45) is 3.56. The SMILES string of the molecule is CCCCN(C)C(CC)c1nc2ccc(C)cc2[nH]1. The molecule has 1 atom stereocenters. The van der Waals surface area contributed by atoms with E-state index in [4.69, 9.17) is 4.98 Å². The molecule has 0 saturated carbocycles. The van der Waals surface area contributed by atoms with Gasteiger partial charge in [-0.3, -0.25) is 4.90 Å². The number of fused-ring (bicyclic) bond motifs is 1. The first-order valence-electron chi connectivity index (χ1n) is 7.32. The number of hydrogen-bond donors (Lipinski definition) is 1. The summed E-state index contributed by atoms with van der Waals surface area (Å²) in [7, 11) is 2.20. The Bertz CT molecular complexity index is 530. The third kappa shape index (κ3) is 3.16. The van der Waals surface area contributed by atoms with Crippen LogP contribution in [0, 0.1) is 6.92 Å². The second kappa shape index (κ2) is 6.20. The predicted octanol–water partition coefficient (Wildman–Crippen LogP) is 4.05. The van der Waals surface area contributed by atoms with Gasteiger partial charge in [0.25, 0.3) is 0 Å². The first kappa shape index (κ1) is 14.1. The molecule has 1 heterocycles. The molecule has 0 bridgehead atoms. The molecule has 0 amide bonds. The third-order valence-corrected chi connectivity index (χ3v) is 3.75. The number of aromatic amines is 1. The topological polar surface area (TPSA) is 31.9 Å². The molecule has 3 heteroatoms. The van der Waals surface area contributed by atoms with Gasteiger partial charge in [0.1, 0.15) is 5.82 Å². The highest BCUT2D eigenvalue weighted by Gasteiger charge is 2.18. The largest absolute Gasteiger partial charge is 0.341 e. The van der Waals surface area contributed by atoms with Gasteiger partial charge in [-0.15, -0.1) is 0 Å². The van der Waals surface area contributed by atoms with Gasteiger partial charge < -0.3 is 4.98 Å². The lowest BCUT2D eigenvalue weighted by atomic mass is 10.1. The number of benzene rings is 1. The number of imidazole rings is 1. The maximum absolute atomic E-state index is 4.76. The highest BCUT2D eigenvalue weighted by Crippen LogP contribution is 2.23. The number of rotatable bonds is 6. The second-order valence-electron chi connectivity index (χ2n) is 5.40. The lowest BCUT2D eigenvalue weighted by Gasteiger charge is -2.25. The van der Waals surface area contributed by atoms with Crippen LogP contribution in [0.25, 0.3) is 11.0 Å². The lowest BCUT2D eigenvalue weighted by Crippen LogP contribution is -2.26. The van der Waals surface area contributed by atoms with Crippen LogP contribution in [-0.4, -0.2) is 28.5 Å². The molecule has 0 spiro atoms. The Morgan fingerprint density at radius 1 is 1.32 bits per heavy atom. The summed E-state index contributed by atoms with van der Waals surface area (Å²) < 4.78 is 0. The summed E-state index contributed by atoms with van der Waals surface area (Å²) in [4.78, 5) is 10.7. The fourth-order valence-corrected chi connectivity index (χ4v) is 2.58. The van der Waals surface area contributed by atoms with Gasteiger partial charge in [-0.05, 0) is 51.1 Å². The molecule has 0 aliphatic heterocycles. The molecule has 19 heavy (non-hydrogen) atoms. The van der Waals surface area contributed by atoms with Gasteiger partial charge in [0.15, 0.2) is 0 Å².